The molecule has 1 aromatic rings. The minimum Gasteiger partial charge on any atom is -0.300 e. The van der Waals surface area contributed by atoms with Crippen LogP contribution in [0.15, 0.2) is 16.0 Å². The van der Waals surface area contributed by atoms with Crippen LogP contribution in [0.3, 0.4) is 0 Å². The number of carbonyl (C=O) groups is 1. The van der Waals surface area contributed by atoms with Crippen LogP contribution < -0.4 is 5.32 Å². The molecule has 2 heterocycles. The molecular weight excluding hydrogens is 292 g/mol. The van der Waals surface area contributed by atoms with Gasteiger partial charge in [-0.25, -0.2) is 0 Å². The normalized spacial score (nSPS) is 24.6. The molecule has 3 rings (SSSR count). The van der Waals surface area contributed by atoms with Gasteiger partial charge in [-0.05, 0) is 37.4 Å². The van der Waals surface area contributed by atoms with Crippen LogP contribution in [0, 0.1) is 12.8 Å². The number of aromatic nitrogens is 2. The third-order valence-corrected chi connectivity index (χ3v) is 5.06. The second-order valence-electron chi connectivity index (χ2n) is 5.01. The fraction of sp³-hybridized carbons (Fsp3) is 0.538. The molecule has 1 aliphatic heterocycles. The minimum atomic E-state index is -0.0411. The van der Waals surface area contributed by atoms with E-state index in [2.05, 4.69) is 26.6 Å². The van der Waals surface area contributed by atoms with Crippen LogP contribution in [0.25, 0.3) is 0 Å². The lowest BCUT2D eigenvalue weighted by Crippen LogP contribution is -2.19. The van der Waals surface area contributed by atoms with Gasteiger partial charge in [0.15, 0.2) is 5.17 Å². The van der Waals surface area contributed by atoms with Crippen LogP contribution in [0.2, 0.25) is 0 Å². The average molecular weight is 308 g/mol. The van der Waals surface area contributed by atoms with Crippen LogP contribution in [-0.2, 0) is 4.79 Å². The lowest BCUT2D eigenvalue weighted by Gasteiger charge is -2.18. The van der Waals surface area contributed by atoms with Crippen LogP contribution in [0.1, 0.15) is 37.1 Å². The van der Waals surface area contributed by atoms with Crippen molar-refractivity contribution in [2.45, 2.75) is 39.0 Å². The first-order valence-corrected chi connectivity index (χ1v) is 8.44. The second kappa shape index (κ2) is 6.05. The summed E-state index contributed by atoms with van der Waals surface area (Å²) in [6.07, 6.45) is 8.37. The summed E-state index contributed by atoms with van der Waals surface area (Å²) in [7, 11) is 0. The highest BCUT2D eigenvalue weighted by Crippen LogP contribution is 2.32. The topological polar surface area (TPSA) is 67.2 Å². The Labute approximate surface area is 126 Å². The van der Waals surface area contributed by atoms with Gasteiger partial charge in [-0.2, -0.15) is 4.99 Å². The van der Waals surface area contributed by atoms with Crippen molar-refractivity contribution < 1.29 is 4.79 Å². The zero-order valence-corrected chi connectivity index (χ0v) is 12.9. The Morgan fingerprint density at radius 1 is 1.30 bits per heavy atom. The van der Waals surface area contributed by atoms with Crippen molar-refractivity contribution in [3.05, 3.63) is 16.0 Å². The maximum absolute atomic E-state index is 11.9. The van der Waals surface area contributed by atoms with Crippen molar-refractivity contribution in [3.63, 3.8) is 0 Å². The summed E-state index contributed by atoms with van der Waals surface area (Å²) in [6.45, 7) is 1.89. The number of thioether (sulfide) groups is 1. The van der Waals surface area contributed by atoms with E-state index in [1.54, 1.807) is 0 Å². The quantitative estimate of drug-likeness (QED) is 0.852. The molecule has 0 spiro atoms. The zero-order chi connectivity index (χ0) is 13.9. The molecule has 0 bridgehead atoms. The molecule has 0 radical (unpaired) electrons. The molecule has 5 nitrogen and oxygen atoms in total. The molecular formula is C13H16N4OS2. The number of allylic oxidation sites excluding steroid dienone is 1. The molecule has 0 atom stereocenters. The number of nitrogens with zero attached hydrogens (tertiary/aromatic N) is 3. The highest BCUT2D eigenvalue weighted by atomic mass is 32.2. The largest absolute Gasteiger partial charge is 0.300 e. The average Bonchev–Trinajstić information content (AvgIpc) is 2.98. The Bertz CT molecular complexity index is 573. The maximum Gasteiger partial charge on any atom is 0.263 e. The third kappa shape index (κ3) is 3.27. The van der Waals surface area contributed by atoms with Crippen molar-refractivity contribution in [2.75, 3.05) is 0 Å². The van der Waals surface area contributed by atoms with Crippen LogP contribution in [0.5, 0.6) is 0 Å². The van der Waals surface area contributed by atoms with Gasteiger partial charge >= 0.3 is 0 Å². The number of carbonyl (C=O) groups excluding carboxylic acids is 1. The number of hydrogen-bond donors (Lipinski definition) is 1. The first-order valence-electron chi connectivity index (χ1n) is 6.80. The van der Waals surface area contributed by atoms with E-state index >= 15 is 0 Å². The van der Waals surface area contributed by atoms with E-state index in [1.807, 2.05) is 6.92 Å². The molecule has 1 N–H and O–H groups in total. The molecule has 1 saturated heterocycles. The molecule has 1 aliphatic carbocycles. The summed E-state index contributed by atoms with van der Waals surface area (Å²) in [6, 6.07) is 0. The highest BCUT2D eigenvalue weighted by molar-refractivity contribution is 8.18. The van der Waals surface area contributed by atoms with Gasteiger partial charge in [-0.1, -0.05) is 36.7 Å². The van der Waals surface area contributed by atoms with Gasteiger partial charge in [-0.15, -0.1) is 10.2 Å². The predicted octanol–water partition coefficient (Wildman–Crippen LogP) is 3.16. The third-order valence-electron chi connectivity index (χ3n) is 3.40. The van der Waals surface area contributed by atoms with Crippen LogP contribution in [0.4, 0.5) is 5.13 Å². The summed E-state index contributed by atoms with van der Waals surface area (Å²) >= 11 is 2.82. The molecule has 0 aromatic carbocycles. The number of rotatable bonds is 2. The Balaban J connectivity index is 1.71. The molecule has 1 aromatic heterocycles. The Morgan fingerprint density at radius 2 is 2.10 bits per heavy atom. The van der Waals surface area contributed by atoms with Gasteiger partial charge in [0.1, 0.15) is 5.01 Å². The second-order valence-corrected chi connectivity index (χ2v) is 7.20. The van der Waals surface area contributed by atoms with E-state index in [0.29, 0.717) is 16.2 Å². The van der Waals surface area contributed by atoms with Crippen molar-refractivity contribution in [2.24, 2.45) is 10.9 Å². The summed E-state index contributed by atoms with van der Waals surface area (Å²) in [4.78, 5) is 17.0. The Hall–Kier alpha value is -1.21. The first-order chi connectivity index (χ1) is 9.70. The van der Waals surface area contributed by atoms with E-state index in [4.69, 9.17) is 0 Å². The van der Waals surface area contributed by atoms with Gasteiger partial charge in [-0.3, -0.25) is 4.79 Å². The number of hydrogen-bond acceptors (Lipinski definition) is 6. The molecule has 0 unspecified atom stereocenters. The van der Waals surface area contributed by atoms with Gasteiger partial charge in [0.2, 0.25) is 5.13 Å². The van der Waals surface area contributed by atoms with Gasteiger partial charge in [0.05, 0.1) is 4.91 Å². The molecule has 1 amide bonds. The first kappa shape index (κ1) is 13.8. The molecule has 2 fully saturated rings. The SMILES string of the molecule is Cc1nnc(N=C2NC(=O)/C(=C/C3CCCCC3)S2)s1. The lowest BCUT2D eigenvalue weighted by molar-refractivity contribution is -0.115. The number of nitrogens with one attached hydrogen (secondary N) is 1. The van der Waals surface area contributed by atoms with Crippen LogP contribution in [-0.4, -0.2) is 21.3 Å². The van der Waals surface area contributed by atoms with Gasteiger partial charge in [0.25, 0.3) is 5.91 Å². The molecule has 20 heavy (non-hydrogen) atoms. The fourth-order valence-electron chi connectivity index (χ4n) is 2.43. The summed E-state index contributed by atoms with van der Waals surface area (Å²) in [5.41, 5.74) is 0. The van der Waals surface area contributed by atoms with E-state index in [-0.39, 0.29) is 5.91 Å². The van der Waals surface area contributed by atoms with Gasteiger partial charge < -0.3 is 5.32 Å². The van der Waals surface area contributed by atoms with Crippen molar-refractivity contribution in [1.29, 1.82) is 0 Å². The Morgan fingerprint density at radius 3 is 2.80 bits per heavy atom. The maximum atomic E-state index is 11.9. The Kier molecular flexibility index (Phi) is 4.16. The molecule has 1 saturated carbocycles. The van der Waals surface area contributed by atoms with Crippen molar-refractivity contribution in [3.8, 4) is 0 Å². The lowest BCUT2D eigenvalue weighted by atomic mass is 9.89. The number of amides is 1. The van der Waals surface area contributed by atoms with E-state index in [1.165, 1.54) is 55.2 Å². The minimum absolute atomic E-state index is 0.0411. The fourth-order valence-corrected chi connectivity index (χ4v) is 3.94. The summed E-state index contributed by atoms with van der Waals surface area (Å²) in [5, 5.41) is 12.7. The smallest absolute Gasteiger partial charge is 0.263 e. The summed E-state index contributed by atoms with van der Waals surface area (Å²) in [5.74, 6) is 0.501. The van der Waals surface area contributed by atoms with E-state index in [9.17, 15) is 4.79 Å². The molecule has 106 valence electrons. The van der Waals surface area contributed by atoms with E-state index in [0.717, 1.165) is 9.91 Å². The van der Waals surface area contributed by atoms with Crippen LogP contribution >= 0.6 is 23.1 Å². The van der Waals surface area contributed by atoms with Gasteiger partial charge in [0, 0.05) is 0 Å². The molecule has 2 aliphatic rings. The van der Waals surface area contributed by atoms with E-state index < -0.39 is 0 Å². The number of aryl methyl sites for hydroxylation is 1. The van der Waals surface area contributed by atoms with Crippen molar-refractivity contribution >= 4 is 39.3 Å². The highest BCUT2D eigenvalue weighted by Gasteiger charge is 2.25. The standard InChI is InChI=1S/C13H16N4OS2/c1-8-16-17-13(19-8)15-12-14-11(18)10(20-12)7-9-5-3-2-4-6-9/h7,9H,2-6H2,1H3,(H,14,15,17,18)/b10-7-. The number of aliphatic imine (C=N–C) groups is 1. The summed E-state index contributed by atoms with van der Waals surface area (Å²) < 4.78 is 0. The van der Waals surface area contributed by atoms with Crippen molar-refractivity contribution in [1.82, 2.24) is 15.5 Å². The molecule has 7 heteroatoms. The monoisotopic (exact) mass is 308 g/mol. The number of amidine groups is 1. The zero-order valence-electron chi connectivity index (χ0n) is 11.3. The predicted molar refractivity (Wildman–Crippen MR) is 82.1 cm³/mol.